The van der Waals surface area contributed by atoms with Gasteiger partial charge in [-0.25, -0.2) is 4.39 Å². The predicted molar refractivity (Wildman–Crippen MR) is 89.4 cm³/mol. The SMILES string of the molecule is CCC(C)(C)NC(=O)CCc1cn(C)nc1-c1ccc(F)cc1. The summed E-state index contributed by atoms with van der Waals surface area (Å²) in [5, 5.41) is 7.48. The van der Waals surface area contributed by atoms with E-state index < -0.39 is 0 Å². The van der Waals surface area contributed by atoms with Gasteiger partial charge in [-0.2, -0.15) is 5.10 Å². The van der Waals surface area contributed by atoms with Crippen LogP contribution in [0.1, 0.15) is 39.2 Å². The highest BCUT2D eigenvalue weighted by molar-refractivity contribution is 5.77. The number of carbonyl (C=O) groups is 1. The largest absolute Gasteiger partial charge is 0.351 e. The molecular formula is C18H24FN3O. The summed E-state index contributed by atoms with van der Waals surface area (Å²) in [5.74, 6) is -0.238. The number of amides is 1. The number of rotatable bonds is 6. The van der Waals surface area contributed by atoms with E-state index in [1.165, 1.54) is 12.1 Å². The number of hydrogen-bond donors (Lipinski definition) is 1. The first-order valence-corrected chi connectivity index (χ1v) is 7.90. The molecule has 1 aromatic carbocycles. The summed E-state index contributed by atoms with van der Waals surface area (Å²) < 4.78 is 14.8. The zero-order valence-corrected chi connectivity index (χ0v) is 14.2. The van der Waals surface area contributed by atoms with Gasteiger partial charge in [-0.05, 0) is 56.5 Å². The molecule has 23 heavy (non-hydrogen) atoms. The molecule has 0 bridgehead atoms. The van der Waals surface area contributed by atoms with Gasteiger partial charge in [-0.15, -0.1) is 0 Å². The molecule has 0 aliphatic rings. The lowest BCUT2D eigenvalue weighted by Gasteiger charge is -2.24. The molecule has 0 saturated carbocycles. The van der Waals surface area contributed by atoms with Crippen molar-refractivity contribution in [1.82, 2.24) is 15.1 Å². The molecule has 124 valence electrons. The third-order valence-corrected chi connectivity index (χ3v) is 4.01. The van der Waals surface area contributed by atoms with E-state index in [4.69, 9.17) is 0 Å². The van der Waals surface area contributed by atoms with Crippen molar-refractivity contribution in [2.24, 2.45) is 7.05 Å². The minimum Gasteiger partial charge on any atom is -0.351 e. The fourth-order valence-corrected chi connectivity index (χ4v) is 2.35. The Kier molecular flexibility index (Phi) is 5.19. The number of aromatic nitrogens is 2. The number of nitrogens with zero attached hydrogens (tertiary/aromatic N) is 2. The van der Waals surface area contributed by atoms with Gasteiger partial charge in [-0.1, -0.05) is 6.92 Å². The number of nitrogens with one attached hydrogen (secondary N) is 1. The summed E-state index contributed by atoms with van der Waals surface area (Å²) in [6.45, 7) is 6.08. The second-order valence-corrected chi connectivity index (χ2v) is 6.47. The Morgan fingerprint density at radius 3 is 2.57 bits per heavy atom. The van der Waals surface area contributed by atoms with Crippen molar-refractivity contribution >= 4 is 5.91 Å². The zero-order valence-electron chi connectivity index (χ0n) is 14.2. The minimum absolute atomic E-state index is 0.0331. The fraction of sp³-hybridized carbons (Fsp3) is 0.444. The van der Waals surface area contributed by atoms with Gasteiger partial charge < -0.3 is 5.32 Å². The van der Waals surface area contributed by atoms with Crippen molar-refractivity contribution in [3.63, 3.8) is 0 Å². The fourth-order valence-electron chi connectivity index (χ4n) is 2.35. The Hall–Kier alpha value is -2.17. The summed E-state index contributed by atoms with van der Waals surface area (Å²) in [5.41, 5.74) is 2.46. The average molecular weight is 317 g/mol. The van der Waals surface area contributed by atoms with Crippen molar-refractivity contribution in [1.29, 1.82) is 0 Å². The number of carbonyl (C=O) groups excluding carboxylic acids is 1. The van der Waals surface area contributed by atoms with E-state index in [2.05, 4.69) is 10.4 Å². The first kappa shape index (κ1) is 17.2. The third kappa shape index (κ3) is 4.65. The number of aryl methyl sites for hydroxylation is 2. The van der Waals surface area contributed by atoms with Gasteiger partial charge >= 0.3 is 0 Å². The molecule has 1 heterocycles. The molecule has 0 saturated heterocycles. The number of benzene rings is 1. The van der Waals surface area contributed by atoms with Gasteiger partial charge in [0.25, 0.3) is 0 Å². The summed E-state index contributed by atoms with van der Waals surface area (Å²) in [6.07, 6.45) is 3.80. The van der Waals surface area contributed by atoms with Crippen LogP contribution in [-0.2, 0) is 18.3 Å². The van der Waals surface area contributed by atoms with Crippen LogP contribution in [0.15, 0.2) is 30.5 Å². The van der Waals surface area contributed by atoms with Crippen LogP contribution in [0.3, 0.4) is 0 Å². The summed E-state index contributed by atoms with van der Waals surface area (Å²) in [4.78, 5) is 12.1. The van der Waals surface area contributed by atoms with Crippen molar-refractivity contribution < 1.29 is 9.18 Å². The molecule has 1 amide bonds. The molecule has 0 unspecified atom stereocenters. The first-order valence-electron chi connectivity index (χ1n) is 7.90. The third-order valence-electron chi connectivity index (χ3n) is 4.01. The zero-order chi connectivity index (χ0) is 17.0. The summed E-state index contributed by atoms with van der Waals surface area (Å²) >= 11 is 0. The van der Waals surface area contributed by atoms with Crippen LogP contribution in [0.5, 0.6) is 0 Å². The van der Waals surface area contributed by atoms with Gasteiger partial charge in [0, 0.05) is 30.8 Å². The average Bonchev–Trinajstić information content (AvgIpc) is 2.86. The molecule has 4 nitrogen and oxygen atoms in total. The van der Waals surface area contributed by atoms with Gasteiger partial charge in [0.2, 0.25) is 5.91 Å². The summed E-state index contributed by atoms with van der Waals surface area (Å²) in [6, 6.07) is 6.26. The molecule has 0 aliphatic heterocycles. The van der Waals surface area contributed by atoms with Crippen LogP contribution >= 0.6 is 0 Å². The maximum Gasteiger partial charge on any atom is 0.220 e. The quantitative estimate of drug-likeness (QED) is 0.887. The monoisotopic (exact) mass is 317 g/mol. The van der Waals surface area contributed by atoms with Crippen LogP contribution < -0.4 is 5.32 Å². The Bertz CT molecular complexity index is 674. The highest BCUT2D eigenvalue weighted by Crippen LogP contribution is 2.23. The lowest BCUT2D eigenvalue weighted by molar-refractivity contribution is -0.122. The standard InChI is InChI=1S/C18H24FN3O/c1-5-18(2,3)20-16(23)11-8-14-12-22(4)21-17(14)13-6-9-15(19)10-7-13/h6-7,9-10,12H,5,8,11H2,1-4H3,(H,20,23). The van der Waals surface area contributed by atoms with E-state index in [9.17, 15) is 9.18 Å². The second-order valence-electron chi connectivity index (χ2n) is 6.47. The highest BCUT2D eigenvalue weighted by atomic mass is 19.1. The number of halogens is 1. The molecule has 0 spiro atoms. The van der Waals surface area contributed by atoms with E-state index in [1.54, 1.807) is 16.8 Å². The van der Waals surface area contributed by atoms with Crippen LogP contribution in [0.4, 0.5) is 4.39 Å². The Morgan fingerprint density at radius 2 is 1.96 bits per heavy atom. The van der Waals surface area contributed by atoms with Crippen LogP contribution in [0, 0.1) is 5.82 Å². The van der Waals surface area contributed by atoms with E-state index in [0.717, 1.165) is 23.2 Å². The normalized spacial score (nSPS) is 11.5. The molecular weight excluding hydrogens is 293 g/mol. The van der Waals surface area contributed by atoms with Gasteiger partial charge in [0.1, 0.15) is 5.82 Å². The molecule has 5 heteroatoms. The molecule has 0 atom stereocenters. The molecule has 0 aliphatic carbocycles. The first-order chi connectivity index (χ1) is 10.8. The van der Waals surface area contributed by atoms with Crippen molar-refractivity contribution in [2.45, 2.75) is 45.6 Å². The van der Waals surface area contributed by atoms with E-state index >= 15 is 0 Å². The van der Waals surface area contributed by atoms with E-state index in [0.29, 0.717) is 12.8 Å². The van der Waals surface area contributed by atoms with Crippen molar-refractivity contribution in [3.05, 3.63) is 41.8 Å². The molecule has 1 N–H and O–H groups in total. The molecule has 2 rings (SSSR count). The van der Waals surface area contributed by atoms with E-state index in [-0.39, 0.29) is 17.3 Å². The van der Waals surface area contributed by atoms with Crippen LogP contribution in [0.2, 0.25) is 0 Å². The van der Waals surface area contributed by atoms with Crippen LogP contribution in [-0.4, -0.2) is 21.2 Å². The molecule has 0 fully saturated rings. The van der Waals surface area contributed by atoms with Gasteiger partial charge in [-0.3, -0.25) is 9.48 Å². The second kappa shape index (κ2) is 6.94. The molecule has 0 radical (unpaired) electrons. The maximum atomic E-state index is 13.1. The van der Waals surface area contributed by atoms with Crippen molar-refractivity contribution in [2.75, 3.05) is 0 Å². The number of hydrogen-bond acceptors (Lipinski definition) is 2. The Balaban J connectivity index is 2.09. The Morgan fingerprint density at radius 1 is 1.30 bits per heavy atom. The maximum absolute atomic E-state index is 13.1. The Labute approximate surface area is 136 Å². The highest BCUT2D eigenvalue weighted by Gasteiger charge is 2.18. The summed E-state index contributed by atoms with van der Waals surface area (Å²) in [7, 11) is 1.84. The smallest absolute Gasteiger partial charge is 0.220 e. The van der Waals surface area contributed by atoms with Crippen LogP contribution in [0.25, 0.3) is 11.3 Å². The van der Waals surface area contributed by atoms with E-state index in [1.807, 2.05) is 34.0 Å². The lowest BCUT2D eigenvalue weighted by Crippen LogP contribution is -2.42. The minimum atomic E-state index is -0.271. The molecule has 1 aromatic heterocycles. The van der Waals surface area contributed by atoms with Gasteiger partial charge in [0.05, 0.1) is 5.69 Å². The lowest BCUT2D eigenvalue weighted by atomic mass is 10.0. The molecule has 2 aromatic rings. The van der Waals surface area contributed by atoms with Gasteiger partial charge in [0.15, 0.2) is 0 Å². The predicted octanol–water partition coefficient (Wildman–Crippen LogP) is 3.46. The topological polar surface area (TPSA) is 46.9 Å². The van der Waals surface area contributed by atoms with Crippen molar-refractivity contribution in [3.8, 4) is 11.3 Å².